The second-order valence-electron chi connectivity index (χ2n) is 6.29. The highest BCUT2D eigenvalue weighted by molar-refractivity contribution is 6.35. The molecule has 0 radical (unpaired) electrons. The number of hydrogen-bond acceptors (Lipinski definition) is 3. The molecule has 0 saturated carbocycles. The fourth-order valence-corrected chi connectivity index (χ4v) is 3.39. The Morgan fingerprint density at radius 1 is 1.13 bits per heavy atom. The molecule has 0 aliphatic rings. The number of aromatic amines is 1. The first-order chi connectivity index (χ1) is 14.3. The fraction of sp³-hybridized carbons (Fsp3) is 0.0500. The second kappa shape index (κ2) is 7.34. The van der Waals surface area contributed by atoms with Gasteiger partial charge in [0.05, 0.1) is 16.0 Å². The smallest absolute Gasteiger partial charge is 0.259 e. The minimum Gasteiger partial charge on any atom is -0.355 e. The van der Waals surface area contributed by atoms with E-state index >= 15 is 0 Å². The Labute approximate surface area is 171 Å². The van der Waals surface area contributed by atoms with Crippen molar-refractivity contribution < 1.29 is 18.0 Å². The van der Waals surface area contributed by atoms with Crippen LogP contribution in [0.2, 0.25) is 5.02 Å². The third-order valence-electron chi connectivity index (χ3n) is 4.53. The molecule has 30 heavy (non-hydrogen) atoms. The number of H-pyrrole nitrogens is 1. The van der Waals surface area contributed by atoms with Gasteiger partial charge >= 0.3 is 0 Å². The number of carbonyl (C=O) groups excluding carboxylic acids is 1. The van der Waals surface area contributed by atoms with Gasteiger partial charge in [0.15, 0.2) is 11.6 Å². The number of rotatable bonds is 3. The fourth-order valence-electron chi connectivity index (χ4n) is 3.16. The van der Waals surface area contributed by atoms with Crippen LogP contribution in [0.3, 0.4) is 0 Å². The third-order valence-corrected chi connectivity index (χ3v) is 4.82. The molecule has 0 spiro atoms. The molecule has 152 valence electrons. The number of nitrogens with zero attached hydrogens (tertiary/aromatic N) is 2. The van der Waals surface area contributed by atoms with Crippen molar-refractivity contribution in [3.8, 4) is 16.9 Å². The molecule has 0 unspecified atom stereocenters. The minimum absolute atomic E-state index is 0.0199. The highest BCUT2D eigenvalue weighted by Gasteiger charge is 2.23. The van der Waals surface area contributed by atoms with E-state index < -0.39 is 34.6 Å². The van der Waals surface area contributed by atoms with Crippen molar-refractivity contribution in [2.45, 2.75) is 0 Å². The van der Waals surface area contributed by atoms with Crippen LogP contribution in [0.5, 0.6) is 0 Å². The number of carbonyl (C=O) groups is 1. The summed E-state index contributed by atoms with van der Waals surface area (Å²) in [6, 6.07) is 6.85. The SMILES string of the molecule is CNC(=O)c1ccc(-c2nn(-c3c(F)cccc3F)c3c(Cl)c[nH]c(=O)c23)cc1F. The monoisotopic (exact) mass is 432 g/mol. The second-order valence-corrected chi connectivity index (χ2v) is 6.70. The summed E-state index contributed by atoms with van der Waals surface area (Å²) in [7, 11) is 1.36. The molecule has 0 fully saturated rings. The van der Waals surface area contributed by atoms with Gasteiger partial charge in [-0.25, -0.2) is 17.9 Å². The van der Waals surface area contributed by atoms with E-state index in [-0.39, 0.29) is 32.7 Å². The minimum atomic E-state index is -0.927. The van der Waals surface area contributed by atoms with E-state index in [4.69, 9.17) is 11.6 Å². The average molecular weight is 433 g/mol. The molecular formula is C20H12ClF3N4O2. The van der Waals surface area contributed by atoms with Crippen LogP contribution >= 0.6 is 11.6 Å². The Morgan fingerprint density at radius 3 is 2.47 bits per heavy atom. The Kier molecular flexibility index (Phi) is 4.83. The van der Waals surface area contributed by atoms with Crippen LogP contribution in [0.15, 0.2) is 47.4 Å². The summed E-state index contributed by atoms with van der Waals surface area (Å²) >= 11 is 6.20. The molecule has 2 aromatic carbocycles. The number of benzene rings is 2. The lowest BCUT2D eigenvalue weighted by Gasteiger charge is -2.07. The number of aromatic nitrogens is 3. The third kappa shape index (κ3) is 3.03. The quantitative estimate of drug-likeness (QED) is 0.516. The van der Waals surface area contributed by atoms with Gasteiger partial charge in [-0.2, -0.15) is 5.10 Å². The Bertz CT molecular complexity index is 1360. The molecule has 0 bridgehead atoms. The Hall–Kier alpha value is -3.59. The molecule has 6 nitrogen and oxygen atoms in total. The predicted molar refractivity (Wildman–Crippen MR) is 105 cm³/mol. The summed E-state index contributed by atoms with van der Waals surface area (Å²) in [6.45, 7) is 0. The van der Waals surface area contributed by atoms with Crippen LogP contribution < -0.4 is 10.9 Å². The van der Waals surface area contributed by atoms with E-state index in [1.807, 2.05) is 0 Å². The average Bonchev–Trinajstić information content (AvgIpc) is 3.11. The summed E-state index contributed by atoms with van der Waals surface area (Å²) in [5.74, 6) is -3.35. The number of nitrogens with one attached hydrogen (secondary N) is 2. The van der Waals surface area contributed by atoms with Crippen molar-refractivity contribution in [1.29, 1.82) is 0 Å². The van der Waals surface area contributed by atoms with Crippen LogP contribution in [-0.2, 0) is 0 Å². The molecule has 4 rings (SSSR count). The molecule has 2 N–H and O–H groups in total. The largest absolute Gasteiger partial charge is 0.355 e. The van der Waals surface area contributed by atoms with Gasteiger partial charge in [0.25, 0.3) is 11.5 Å². The molecule has 0 aliphatic carbocycles. The molecule has 2 aromatic heterocycles. The van der Waals surface area contributed by atoms with Crippen LogP contribution in [0.25, 0.3) is 27.8 Å². The van der Waals surface area contributed by atoms with Gasteiger partial charge in [-0.1, -0.05) is 23.7 Å². The van der Waals surface area contributed by atoms with Crippen molar-refractivity contribution in [2.24, 2.45) is 0 Å². The van der Waals surface area contributed by atoms with Gasteiger partial charge in [-0.05, 0) is 24.3 Å². The first-order valence-electron chi connectivity index (χ1n) is 8.59. The van der Waals surface area contributed by atoms with Crippen molar-refractivity contribution in [1.82, 2.24) is 20.1 Å². The van der Waals surface area contributed by atoms with Gasteiger partial charge in [-0.15, -0.1) is 0 Å². The predicted octanol–water partition coefficient (Wildman–Crippen LogP) is 3.81. The summed E-state index contributed by atoms with van der Waals surface area (Å²) in [6.07, 6.45) is 1.17. The Balaban J connectivity index is 2.06. The molecule has 1 amide bonds. The van der Waals surface area contributed by atoms with Gasteiger partial charge < -0.3 is 10.3 Å². The lowest BCUT2D eigenvalue weighted by atomic mass is 10.1. The molecule has 4 aromatic rings. The van der Waals surface area contributed by atoms with Crippen molar-refractivity contribution in [3.63, 3.8) is 0 Å². The molecule has 2 heterocycles. The maximum absolute atomic E-state index is 14.5. The van der Waals surface area contributed by atoms with E-state index in [9.17, 15) is 22.8 Å². The topological polar surface area (TPSA) is 79.8 Å². The number of para-hydroxylation sites is 1. The zero-order valence-corrected chi connectivity index (χ0v) is 16.0. The van der Waals surface area contributed by atoms with Gasteiger partial charge in [0.2, 0.25) is 0 Å². The number of halogens is 4. The van der Waals surface area contributed by atoms with E-state index in [1.165, 1.54) is 31.4 Å². The normalized spacial score (nSPS) is 11.1. The molecule has 0 saturated heterocycles. The number of amides is 1. The number of pyridine rings is 1. The van der Waals surface area contributed by atoms with Crippen molar-refractivity contribution in [3.05, 3.63) is 81.0 Å². The van der Waals surface area contributed by atoms with Crippen molar-refractivity contribution in [2.75, 3.05) is 7.05 Å². The zero-order chi connectivity index (χ0) is 21.6. The molecule has 0 atom stereocenters. The molecule has 0 aliphatic heterocycles. The lowest BCUT2D eigenvalue weighted by Crippen LogP contribution is -2.19. The van der Waals surface area contributed by atoms with Crippen molar-refractivity contribution >= 4 is 28.4 Å². The molecule has 10 heteroatoms. The van der Waals surface area contributed by atoms with E-state index in [1.54, 1.807) is 0 Å². The number of fused-ring (bicyclic) bond motifs is 1. The van der Waals surface area contributed by atoms with E-state index in [2.05, 4.69) is 15.4 Å². The van der Waals surface area contributed by atoms with Gasteiger partial charge in [0, 0.05) is 18.8 Å². The maximum atomic E-state index is 14.5. The maximum Gasteiger partial charge on any atom is 0.259 e. The first kappa shape index (κ1) is 19.7. The number of hydrogen-bond donors (Lipinski definition) is 2. The summed E-state index contributed by atoms with van der Waals surface area (Å²) in [5.41, 5.74) is -1.37. The lowest BCUT2D eigenvalue weighted by molar-refractivity contribution is 0.0959. The summed E-state index contributed by atoms with van der Waals surface area (Å²) in [5, 5.41) is 6.38. The highest BCUT2D eigenvalue weighted by atomic mass is 35.5. The van der Waals surface area contributed by atoms with Crippen LogP contribution in [0.1, 0.15) is 10.4 Å². The summed E-state index contributed by atoms with van der Waals surface area (Å²) in [4.78, 5) is 26.7. The van der Waals surface area contributed by atoms with Crippen LogP contribution in [-0.4, -0.2) is 27.7 Å². The highest BCUT2D eigenvalue weighted by Crippen LogP contribution is 2.33. The zero-order valence-electron chi connectivity index (χ0n) is 15.3. The summed E-state index contributed by atoms with van der Waals surface area (Å²) < 4.78 is 44.2. The van der Waals surface area contributed by atoms with Crippen LogP contribution in [0, 0.1) is 17.5 Å². The van der Waals surface area contributed by atoms with E-state index in [0.29, 0.717) is 0 Å². The standard InChI is InChI=1S/C20H12ClF3N4O2/c1-25-19(29)10-6-5-9(7-14(10)24)16-15-17(11(21)8-26-20(15)30)28(27-16)18-12(22)3-2-4-13(18)23/h2-8H,1H3,(H,25,29)(H,26,30). The first-order valence-corrected chi connectivity index (χ1v) is 8.97. The van der Waals surface area contributed by atoms with Crippen LogP contribution in [0.4, 0.5) is 13.2 Å². The van der Waals surface area contributed by atoms with E-state index in [0.717, 1.165) is 22.9 Å². The Morgan fingerprint density at radius 2 is 1.83 bits per heavy atom. The van der Waals surface area contributed by atoms with Gasteiger partial charge in [-0.3, -0.25) is 9.59 Å². The van der Waals surface area contributed by atoms with Gasteiger partial charge in [0.1, 0.15) is 22.7 Å². The molecular weight excluding hydrogens is 421 g/mol.